The average molecular weight is 291 g/mol. The summed E-state index contributed by atoms with van der Waals surface area (Å²) in [5.74, 6) is 0.596. The van der Waals surface area contributed by atoms with Crippen LogP contribution in [0.3, 0.4) is 0 Å². The minimum Gasteiger partial charge on any atom is -0.482 e. The van der Waals surface area contributed by atoms with Gasteiger partial charge in [-0.3, -0.25) is 9.78 Å². The zero-order valence-corrected chi connectivity index (χ0v) is 13.1. The van der Waals surface area contributed by atoms with Gasteiger partial charge < -0.3 is 15.4 Å². The Morgan fingerprint density at radius 2 is 2.24 bits per heavy atom. The minimum absolute atomic E-state index is 0.0332. The molecular weight excluding hydrogens is 266 g/mol. The minimum atomic E-state index is -0.0916. The van der Waals surface area contributed by atoms with Gasteiger partial charge in [0.2, 0.25) is 0 Å². The normalized spacial score (nSPS) is 15.6. The van der Waals surface area contributed by atoms with E-state index in [1.165, 1.54) is 12.8 Å². The van der Waals surface area contributed by atoms with E-state index in [9.17, 15) is 4.79 Å². The molecule has 0 spiro atoms. The highest BCUT2D eigenvalue weighted by molar-refractivity contribution is 5.77. The van der Waals surface area contributed by atoms with Crippen molar-refractivity contribution < 1.29 is 9.53 Å². The zero-order valence-electron chi connectivity index (χ0n) is 13.1. The van der Waals surface area contributed by atoms with Crippen LogP contribution in [0.4, 0.5) is 0 Å². The summed E-state index contributed by atoms with van der Waals surface area (Å²) in [6, 6.07) is 4.59. The Bertz CT molecular complexity index is 486. The second-order valence-corrected chi connectivity index (χ2v) is 5.72. The van der Waals surface area contributed by atoms with Gasteiger partial charge in [-0.05, 0) is 45.2 Å². The second kappa shape index (κ2) is 7.41. The van der Waals surface area contributed by atoms with Gasteiger partial charge in [-0.15, -0.1) is 0 Å². The van der Waals surface area contributed by atoms with Crippen LogP contribution in [0.15, 0.2) is 12.1 Å². The van der Waals surface area contributed by atoms with Gasteiger partial charge >= 0.3 is 0 Å². The van der Waals surface area contributed by atoms with Gasteiger partial charge in [0.25, 0.3) is 5.91 Å². The summed E-state index contributed by atoms with van der Waals surface area (Å²) >= 11 is 0. The predicted molar refractivity (Wildman–Crippen MR) is 82.2 cm³/mol. The van der Waals surface area contributed by atoms with Gasteiger partial charge in [0, 0.05) is 24.3 Å². The SMILES string of the molecule is CCC(C)NC(=O)COc1ccc(C)nc1CNC1CC1. The first-order valence-corrected chi connectivity index (χ1v) is 7.70. The number of nitrogens with one attached hydrogen (secondary N) is 2. The van der Waals surface area contributed by atoms with Crippen LogP contribution in [-0.2, 0) is 11.3 Å². The van der Waals surface area contributed by atoms with E-state index in [2.05, 4.69) is 15.6 Å². The molecule has 2 N–H and O–H groups in total. The molecule has 1 saturated carbocycles. The number of pyridine rings is 1. The molecular formula is C16H25N3O2. The highest BCUT2D eigenvalue weighted by Gasteiger charge is 2.21. The topological polar surface area (TPSA) is 63.2 Å². The summed E-state index contributed by atoms with van der Waals surface area (Å²) in [7, 11) is 0. The van der Waals surface area contributed by atoms with Crippen LogP contribution in [0.1, 0.15) is 44.5 Å². The number of aryl methyl sites for hydroxylation is 1. The Morgan fingerprint density at radius 3 is 2.90 bits per heavy atom. The van der Waals surface area contributed by atoms with Crippen LogP contribution in [0, 0.1) is 6.92 Å². The fraction of sp³-hybridized carbons (Fsp3) is 0.625. The van der Waals surface area contributed by atoms with Crippen molar-refractivity contribution in [2.75, 3.05) is 6.61 Å². The standard InChI is InChI=1S/C16H25N3O2/c1-4-11(2)19-16(20)10-21-15-8-5-12(3)18-14(15)9-17-13-6-7-13/h5,8,11,13,17H,4,6-7,9-10H2,1-3H3,(H,19,20). The fourth-order valence-corrected chi connectivity index (χ4v) is 1.95. The quantitative estimate of drug-likeness (QED) is 0.768. The molecule has 1 heterocycles. The highest BCUT2D eigenvalue weighted by Crippen LogP contribution is 2.22. The number of ether oxygens (including phenoxy) is 1. The molecule has 0 aromatic carbocycles. The molecule has 0 radical (unpaired) electrons. The number of carbonyl (C=O) groups is 1. The van der Waals surface area contributed by atoms with E-state index in [1.807, 2.05) is 32.9 Å². The molecule has 2 rings (SSSR count). The maximum absolute atomic E-state index is 11.8. The lowest BCUT2D eigenvalue weighted by Crippen LogP contribution is -2.35. The lowest BCUT2D eigenvalue weighted by molar-refractivity contribution is -0.123. The van der Waals surface area contributed by atoms with Gasteiger partial charge in [-0.25, -0.2) is 0 Å². The largest absolute Gasteiger partial charge is 0.482 e. The second-order valence-electron chi connectivity index (χ2n) is 5.72. The molecule has 1 aliphatic carbocycles. The predicted octanol–water partition coefficient (Wildman–Crippen LogP) is 1.94. The Balaban J connectivity index is 1.89. The summed E-state index contributed by atoms with van der Waals surface area (Å²) < 4.78 is 5.64. The van der Waals surface area contributed by atoms with E-state index in [0.29, 0.717) is 18.3 Å². The molecule has 5 nitrogen and oxygen atoms in total. The zero-order chi connectivity index (χ0) is 15.2. The van der Waals surface area contributed by atoms with Gasteiger partial charge in [0.15, 0.2) is 6.61 Å². The number of aromatic nitrogens is 1. The summed E-state index contributed by atoms with van der Waals surface area (Å²) in [4.78, 5) is 16.3. The molecule has 5 heteroatoms. The third-order valence-corrected chi connectivity index (χ3v) is 3.59. The van der Waals surface area contributed by atoms with Crippen molar-refractivity contribution in [1.29, 1.82) is 0 Å². The van der Waals surface area contributed by atoms with Crippen molar-refractivity contribution in [1.82, 2.24) is 15.6 Å². The molecule has 116 valence electrons. The molecule has 1 aromatic heterocycles. The number of rotatable bonds is 8. The molecule has 0 saturated heterocycles. The van der Waals surface area contributed by atoms with Gasteiger partial charge in [-0.1, -0.05) is 6.92 Å². The van der Waals surface area contributed by atoms with E-state index < -0.39 is 0 Å². The average Bonchev–Trinajstić information content (AvgIpc) is 3.28. The summed E-state index contributed by atoms with van der Waals surface area (Å²) in [5.41, 5.74) is 1.83. The smallest absolute Gasteiger partial charge is 0.258 e. The van der Waals surface area contributed by atoms with Crippen LogP contribution < -0.4 is 15.4 Å². The Hall–Kier alpha value is -1.62. The van der Waals surface area contributed by atoms with E-state index in [4.69, 9.17) is 4.74 Å². The maximum atomic E-state index is 11.8. The lowest BCUT2D eigenvalue weighted by Gasteiger charge is -2.14. The molecule has 1 fully saturated rings. The maximum Gasteiger partial charge on any atom is 0.258 e. The molecule has 1 amide bonds. The molecule has 21 heavy (non-hydrogen) atoms. The van der Waals surface area contributed by atoms with Crippen molar-refractivity contribution in [3.05, 3.63) is 23.5 Å². The van der Waals surface area contributed by atoms with E-state index in [1.54, 1.807) is 0 Å². The molecule has 0 bridgehead atoms. The lowest BCUT2D eigenvalue weighted by atomic mass is 10.2. The summed E-state index contributed by atoms with van der Waals surface area (Å²) in [6.07, 6.45) is 3.38. The summed E-state index contributed by atoms with van der Waals surface area (Å²) in [6.45, 7) is 6.70. The van der Waals surface area contributed by atoms with Gasteiger partial charge in [-0.2, -0.15) is 0 Å². The molecule has 1 unspecified atom stereocenters. The van der Waals surface area contributed by atoms with Crippen LogP contribution in [0.5, 0.6) is 5.75 Å². The first-order valence-electron chi connectivity index (χ1n) is 7.70. The van der Waals surface area contributed by atoms with Crippen molar-refractivity contribution in [3.8, 4) is 5.75 Å². The van der Waals surface area contributed by atoms with Crippen molar-refractivity contribution >= 4 is 5.91 Å². The number of carbonyl (C=O) groups excluding carboxylic acids is 1. The molecule has 1 aromatic rings. The summed E-state index contributed by atoms with van der Waals surface area (Å²) in [5, 5.41) is 6.32. The van der Waals surface area contributed by atoms with Gasteiger partial charge in [0.1, 0.15) is 5.75 Å². The molecule has 1 aliphatic rings. The Morgan fingerprint density at radius 1 is 1.48 bits per heavy atom. The van der Waals surface area contributed by atoms with Crippen LogP contribution in [0.25, 0.3) is 0 Å². The van der Waals surface area contributed by atoms with Crippen molar-refractivity contribution in [2.24, 2.45) is 0 Å². The van der Waals surface area contributed by atoms with Crippen LogP contribution >= 0.6 is 0 Å². The van der Waals surface area contributed by atoms with E-state index in [-0.39, 0.29) is 18.6 Å². The first-order chi connectivity index (χ1) is 10.1. The Labute approximate surface area is 126 Å². The third-order valence-electron chi connectivity index (χ3n) is 3.59. The third kappa shape index (κ3) is 5.34. The van der Waals surface area contributed by atoms with Crippen molar-refractivity contribution in [3.63, 3.8) is 0 Å². The van der Waals surface area contributed by atoms with Crippen LogP contribution in [0.2, 0.25) is 0 Å². The number of nitrogens with zero attached hydrogens (tertiary/aromatic N) is 1. The van der Waals surface area contributed by atoms with Crippen molar-refractivity contribution in [2.45, 2.75) is 58.7 Å². The highest BCUT2D eigenvalue weighted by atomic mass is 16.5. The number of amides is 1. The van der Waals surface area contributed by atoms with E-state index in [0.717, 1.165) is 17.8 Å². The van der Waals surface area contributed by atoms with Gasteiger partial charge in [0.05, 0.1) is 5.69 Å². The van der Waals surface area contributed by atoms with E-state index >= 15 is 0 Å². The number of hydrogen-bond donors (Lipinski definition) is 2. The number of hydrogen-bond acceptors (Lipinski definition) is 4. The fourth-order valence-electron chi connectivity index (χ4n) is 1.95. The van der Waals surface area contributed by atoms with Crippen LogP contribution in [-0.4, -0.2) is 29.6 Å². The first kappa shape index (κ1) is 15.8. The monoisotopic (exact) mass is 291 g/mol. The molecule has 0 aliphatic heterocycles. The molecule has 1 atom stereocenters. The Kier molecular flexibility index (Phi) is 5.56.